The maximum Gasteiger partial charge on any atom is 0.115 e. The maximum atomic E-state index is 9.15. The smallest absolute Gasteiger partial charge is 0.115 e. The number of hydrogen-bond donors (Lipinski definition) is 3. The van der Waals surface area contributed by atoms with Gasteiger partial charge in [0.25, 0.3) is 0 Å². The Bertz CT molecular complexity index is 271. The Hall–Kier alpha value is -0.280. The van der Waals surface area contributed by atoms with E-state index >= 15 is 0 Å². The van der Waals surface area contributed by atoms with Gasteiger partial charge in [0.15, 0.2) is 0 Å². The van der Waals surface area contributed by atoms with Crippen LogP contribution in [0.1, 0.15) is 36.5 Å². The van der Waals surface area contributed by atoms with Gasteiger partial charge < -0.3 is 5.11 Å². The normalized spacial score (nSPS) is 12.7. The summed E-state index contributed by atoms with van der Waals surface area (Å²) in [5, 5.41) is 9.43. The lowest BCUT2D eigenvalue weighted by molar-refractivity contribution is 0.475. The van der Waals surface area contributed by atoms with Gasteiger partial charge in [-0.25, -0.2) is 0 Å². The minimum Gasteiger partial charge on any atom is -0.508 e. The summed E-state index contributed by atoms with van der Waals surface area (Å²) in [4.78, 5) is 0. The molecule has 0 amide bonds. The van der Waals surface area contributed by atoms with Crippen LogP contribution >= 0.6 is 25.3 Å². The van der Waals surface area contributed by atoms with E-state index in [1.807, 2.05) is 12.1 Å². The van der Waals surface area contributed by atoms with E-state index < -0.39 is 0 Å². The monoisotopic (exact) mass is 242 g/mol. The first-order chi connectivity index (χ1) is 7.24. The zero-order valence-electron chi connectivity index (χ0n) is 8.76. The van der Waals surface area contributed by atoms with Crippen molar-refractivity contribution in [1.29, 1.82) is 0 Å². The van der Waals surface area contributed by atoms with Crippen LogP contribution in [0.3, 0.4) is 0 Å². The molecule has 0 saturated carbocycles. The van der Waals surface area contributed by atoms with Gasteiger partial charge in [-0.3, -0.25) is 0 Å². The minimum absolute atomic E-state index is 0.283. The molecule has 0 saturated heterocycles. The highest BCUT2D eigenvalue weighted by Gasteiger charge is 2.05. The van der Waals surface area contributed by atoms with Crippen LogP contribution in [-0.4, -0.2) is 10.9 Å². The van der Waals surface area contributed by atoms with Gasteiger partial charge in [-0.05, 0) is 36.3 Å². The Labute approximate surface area is 103 Å². The first-order valence-electron chi connectivity index (χ1n) is 5.32. The summed E-state index contributed by atoms with van der Waals surface area (Å²) >= 11 is 8.73. The number of unbranched alkanes of at least 4 members (excludes halogenated alkanes) is 2. The van der Waals surface area contributed by atoms with Crippen molar-refractivity contribution in [2.24, 2.45) is 0 Å². The average molecular weight is 242 g/mol. The number of aromatic hydroxyl groups is 1. The van der Waals surface area contributed by atoms with E-state index in [0.717, 1.165) is 12.2 Å². The molecule has 0 aliphatic rings. The third-order valence-electron chi connectivity index (χ3n) is 2.41. The Morgan fingerprint density at radius 2 is 1.73 bits per heavy atom. The Morgan fingerprint density at radius 1 is 1.07 bits per heavy atom. The molecule has 1 atom stereocenters. The maximum absolute atomic E-state index is 9.15. The topological polar surface area (TPSA) is 20.2 Å². The molecule has 0 radical (unpaired) electrons. The summed E-state index contributed by atoms with van der Waals surface area (Å²) in [5.41, 5.74) is 1.18. The van der Waals surface area contributed by atoms with Crippen LogP contribution in [0.4, 0.5) is 0 Å². The second-order valence-electron chi connectivity index (χ2n) is 3.68. The summed E-state index contributed by atoms with van der Waals surface area (Å²) in [6.07, 6.45) is 4.68. The van der Waals surface area contributed by atoms with Crippen LogP contribution in [0.2, 0.25) is 0 Å². The van der Waals surface area contributed by atoms with Gasteiger partial charge >= 0.3 is 0 Å². The predicted octanol–water partition coefficient (Wildman–Crippen LogP) is 3.85. The summed E-state index contributed by atoms with van der Waals surface area (Å²) in [5.74, 6) is 1.28. The number of thiol groups is 2. The van der Waals surface area contributed by atoms with Gasteiger partial charge in [-0.1, -0.05) is 25.0 Å². The van der Waals surface area contributed by atoms with Crippen LogP contribution in [0, 0.1) is 0 Å². The highest BCUT2D eigenvalue weighted by Crippen LogP contribution is 2.27. The van der Waals surface area contributed by atoms with Gasteiger partial charge in [-0.2, -0.15) is 25.3 Å². The SMILES string of the molecule is Oc1ccc(C(S)CCCCCS)cc1. The van der Waals surface area contributed by atoms with Crippen molar-refractivity contribution in [1.82, 2.24) is 0 Å². The fourth-order valence-electron chi connectivity index (χ4n) is 1.49. The van der Waals surface area contributed by atoms with Crippen LogP contribution in [-0.2, 0) is 0 Å². The van der Waals surface area contributed by atoms with Crippen molar-refractivity contribution in [3.63, 3.8) is 0 Å². The summed E-state index contributed by atoms with van der Waals surface area (Å²) in [6, 6.07) is 7.30. The van der Waals surface area contributed by atoms with Crippen LogP contribution in [0.25, 0.3) is 0 Å². The second-order valence-corrected chi connectivity index (χ2v) is 4.75. The summed E-state index contributed by atoms with van der Waals surface area (Å²) < 4.78 is 0. The molecule has 3 heteroatoms. The zero-order valence-corrected chi connectivity index (χ0v) is 10.6. The molecule has 15 heavy (non-hydrogen) atoms. The van der Waals surface area contributed by atoms with Crippen LogP contribution in [0.5, 0.6) is 5.75 Å². The van der Waals surface area contributed by atoms with Gasteiger partial charge in [-0.15, -0.1) is 0 Å². The van der Waals surface area contributed by atoms with Gasteiger partial charge in [0, 0.05) is 5.25 Å². The molecule has 84 valence electrons. The van der Waals surface area contributed by atoms with Crippen molar-refractivity contribution in [2.75, 3.05) is 5.75 Å². The molecule has 0 bridgehead atoms. The molecule has 0 spiro atoms. The third-order valence-corrected chi connectivity index (χ3v) is 3.29. The van der Waals surface area contributed by atoms with E-state index in [2.05, 4.69) is 25.3 Å². The standard InChI is InChI=1S/C12H18OS2/c13-11-7-5-10(6-8-11)12(15)4-2-1-3-9-14/h5-8,12-15H,1-4,9H2. The molecular weight excluding hydrogens is 224 g/mol. The predicted molar refractivity (Wildman–Crippen MR) is 72.2 cm³/mol. The fraction of sp³-hybridized carbons (Fsp3) is 0.500. The Morgan fingerprint density at radius 3 is 2.33 bits per heavy atom. The van der Waals surface area contributed by atoms with Crippen molar-refractivity contribution in [2.45, 2.75) is 30.9 Å². The number of benzene rings is 1. The van der Waals surface area contributed by atoms with Crippen molar-refractivity contribution in [3.8, 4) is 5.75 Å². The largest absolute Gasteiger partial charge is 0.508 e. The van der Waals surface area contributed by atoms with Gasteiger partial charge in [0.2, 0.25) is 0 Å². The first kappa shape index (κ1) is 12.8. The molecule has 1 unspecified atom stereocenters. The molecule has 0 aliphatic carbocycles. The fourth-order valence-corrected chi connectivity index (χ4v) is 2.07. The molecule has 1 N–H and O–H groups in total. The molecular formula is C12H18OS2. The zero-order chi connectivity index (χ0) is 11.1. The quantitative estimate of drug-likeness (QED) is 0.511. The van der Waals surface area contributed by atoms with Gasteiger partial charge in [0.1, 0.15) is 5.75 Å². The molecule has 1 nitrogen and oxygen atoms in total. The third kappa shape index (κ3) is 4.85. The van der Waals surface area contributed by atoms with E-state index in [4.69, 9.17) is 5.11 Å². The molecule has 1 aromatic rings. The lowest BCUT2D eigenvalue weighted by Crippen LogP contribution is -1.90. The highest BCUT2D eigenvalue weighted by atomic mass is 32.1. The van der Waals surface area contributed by atoms with Gasteiger partial charge in [0.05, 0.1) is 0 Å². The van der Waals surface area contributed by atoms with E-state index in [1.165, 1.54) is 24.8 Å². The Balaban J connectivity index is 2.33. The first-order valence-corrected chi connectivity index (χ1v) is 6.47. The molecule has 1 rings (SSSR count). The summed E-state index contributed by atoms with van der Waals surface area (Å²) in [7, 11) is 0. The molecule has 1 aromatic carbocycles. The lowest BCUT2D eigenvalue weighted by atomic mass is 10.1. The van der Waals surface area contributed by atoms with E-state index in [9.17, 15) is 0 Å². The van der Waals surface area contributed by atoms with Crippen molar-refractivity contribution in [3.05, 3.63) is 29.8 Å². The molecule has 0 aliphatic heterocycles. The van der Waals surface area contributed by atoms with E-state index in [0.29, 0.717) is 5.75 Å². The molecule has 0 fully saturated rings. The minimum atomic E-state index is 0.283. The molecule has 0 heterocycles. The van der Waals surface area contributed by atoms with E-state index in [1.54, 1.807) is 12.1 Å². The number of hydrogen-bond acceptors (Lipinski definition) is 3. The number of rotatable bonds is 6. The van der Waals surface area contributed by atoms with Crippen molar-refractivity contribution < 1.29 is 5.11 Å². The highest BCUT2D eigenvalue weighted by molar-refractivity contribution is 7.80. The number of phenols is 1. The van der Waals surface area contributed by atoms with E-state index in [-0.39, 0.29) is 5.25 Å². The Kier molecular flexibility index (Phi) is 6.03. The summed E-state index contributed by atoms with van der Waals surface area (Å²) in [6.45, 7) is 0. The number of phenolic OH excluding ortho intramolecular Hbond substituents is 1. The molecule has 0 aromatic heterocycles. The lowest BCUT2D eigenvalue weighted by Gasteiger charge is -2.10. The van der Waals surface area contributed by atoms with Crippen LogP contribution < -0.4 is 0 Å². The second kappa shape index (κ2) is 7.07. The average Bonchev–Trinajstić information content (AvgIpc) is 2.25. The van der Waals surface area contributed by atoms with Crippen LogP contribution in [0.15, 0.2) is 24.3 Å². The van der Waals surface area contributed by atoms with Crippen molar-refractivity contribution >= 4 is 25.3 Å².